The van der Waals surface area contributed by atoms with Crippen molar-refractivity contribution in [2.75, 3.05) is 0 Å². The van der Waals surface area contributed by atoms with Crippen LogP contribution in [0, 0.1) is 0 Å². The molecule has 0 spiro atoms. The van der Waals surface area contributed by atoms with Gasteiger partial charge in [0, 0.05) is 0 Å². The van der Waals surface area contributed by atoms with Gasteiger partial charge in [-0.05, 0) is 19.9 Å². The zero-order valence-electron chi connectivity index (χ0n) is 5.13. The fraction of sp³-hybridized carbons (Fsp3) is 0.333. The van der Waals surface area contributed by atoms with Gasteiger partial charge in [0.05, 0.1) is 0 Å². The molecule has 0 rings (SSSR count). The fourth-order valence-electron chi connectivity index (χ4n) is 0.0786. The van der Waals surface area contributed by atoms with E-state index in [4.69, 9.17) is 4.79 Å². The molecule has 8 heavy (non-hydrogen) atoms. The van der Waals surface area contributed by atoms with Gasteiger partial charge in [-0.2, -0.15) is 0 Å². The Balaban J connectivity index is 0. The number of hydrogen-bond donors (Lipinski definition) is 0. The van der Waals surface area contributed by atoms with Crippen molar-refractivity contribution in [3.05, 3.63) is 12.2 Å². The summed E-state index contributed by atoms with van der Waals surface area (Å²) in [6.07, 6.45) is 4.63. The molecule has 0 atom stereocenters. The molecular formula is C6H10O2. The normalized spacial score (nSPS) is 7.25. The van der Waals surface area contributed by atoms with Crippen LogP contribution in [0.4, 0.5) is 0 Å². The van der Waals surface area contributed by atoms with Crippen molar-refractivity contribution in [1.29, 1.82) is 0 Å². The molecule has 2 nitrogen and oxygen atoms in total. The zero-order valence-corrected chi connectivity index (χ0v) is 5.13. The predicted octanol–water partition coefficient (Wildman–Crippen LogP) is 0.967. The average Bonchev–Trinajstić information content (AvgIpc) is 1.71. The van der Waals surface area contributed by atoms with Crippen LogP contribution in [0.1, 0.15) is 13.8 Å². The summed E-state index contributed by atoms with van der Waals surface area (Å²) in [7, 11) is 0. The highest BCUT2D eigenvalue weighted by atomic mass is 16.1. The van der Waals surface area contributed by atoms with E-state index in [9.17, 15) is 4.79 Å². The SMILES string of the molecule is CC=CC=O.CC=O. The Bertz CT molecular complexity index is 74.6. The van der Waals surface area contributed by atoms with Gasteiger partial charge in [-0.25, -0.2) is 0 Å². The highest BCUT2D eigenvalue weighted by molar-refractivity contribution is 5.64. The van der Waals surface area contributed by atoms with Crippen LogP contribution in [-0.2, 0) is 9.59 Å². The van der Waals surface area contributed by atoms with E-state index in [1.165, 1.54) is 13.0 Å². The van der Waals surface area contributed by atoms with Crippen molar-refractivity contribution in [3.8, 4) is 0 Å². The average molecular weight is 114 g/mol. The third-order valence-corrected chi connectivity index (χ3v) is 0.271. The molecule has 0 aliphatic carbocycles. The van der Waals surface area contributed by atoms with Crippen LogP contribution in [0.2, 0.25) is 0 Å². The molecular weight excluding hydrogens is 104 g/mol. The maximum Gasteiger partial charge on any atom is 0.142 e. The molecule has 0 aromatic heterocycles. The van der Waals surface area contributed by atoms with Crippen molar-refractivity contribution >= 4 is 12.6 Å². The Kier molecular flexibility index (Phi) is 21.0. The maximum absolute atomic E-state index is 9.32. The van der Waals surface area contributed by atoms with Crippen molar-refractivity contribution in [2.45, 2.75) is 13.8 Å². The van der Waals surface area contributed by atoms with E-state index in [1.807, 2.05) is 0 Å². The summed E-state index contributed by atoms with van der Waals surface area (Å²) >= 11 is 0. The van der Waals surface area contributed by atoms with Crippen LogP contribution < -0.4 is 0 Å². The third kappa shape index (κ3) is 72.5. The Morgan fingerprint density at radius 3 is 1.50 bits per heavy atom. The van der Waals surface area contributed by atoms with Crippen LogP contribution in [0.25, 0.3) is 0 Å². The summed E-state index contributed by atoms with van der Waals surface area (Å²) in [6.45, 7) is 3.24. The molecule has 0 unspecified atom stereocenters. The molecule has 0 aliphatic rings. The van der Waals surface area contributed by atoms with Gasteiger partial charge in [0.15, 0.2) is 0 Å². The van der Waals surface area contributed by atoms with E-state index in [0.29, 0.717) is 0 Å². The lowest BCUT2D eigenvalue weighted by Gasteiger charge is -1.51. The van der Waals surface area contributed by atoms with Crippen molar-refractivity contribution in [3.63, 3.8) is 0 Å². The first kappa shape index (κ1) is 10.1. The quantitative estimate of drug-likeness (QED) is 0.376. The van der Waals surface area contributed by atoms with Crippen LogP contribution in [0.5, 0.6) is 0 Å². The molecule has 0 heterocycles. The first-order valence-electron chi connectivity index (χ1n) is 2.29. The molecule has 0 fully saturated rings. The summed E-state index contributed by atoms with van der Waals surface area (Å²) < 4.78 is 0. The van der Waals surface area contributed by atoms with E-state index < -0.39 is 0 Å². The van der Waals surface area contributed by atoms with Gasteiger partial charge in [-0.15, -0.1) is 0 Å². The van der Waals surface area contributed by atoms with Gasteiger partial charge < -0.3 is 4.79 Å². The summed E-state index contributed by atoms with van der Waals surface area (Å²) in [5.41, 5.74) is 0. The molecule has 0 bridgehead atoms. The molecule has 0 aliphatic heterocycles. The first-order chi connectivity index (χ1) is 3.83. The van der Waals surface area contributed by atoms with Gasteiger partial charge in [-0.1, -0.05) is 6.08 Å². The van der Waals surface area contributed by atoms with E-state index in [1.54, 1.807) is 13.0 Å². The Hall–Kier alpha value is -0.920. The largest absolute Gasteiger partial charge is 0.304 e. The maximum atomic E-state index is 9.32. The summed E-state index contributed by atoms with van der Waals surface area (Å²) in [5, 5.41) is 0. The summed E-state index contributed by atoms with van der Waals surface area (Å²) in [5.74, 6) is 0. The number of rotatable bonds is 1. The molecule has 0 saturated carbocycles. The topological polar surface area (TPSA) is 34.1 Å². The second kappa shape index (κ2) is 16.5. The highest BCUT2D eigenvalue weighted by Gasteiger charge is 1.48. The van der Waals surface area contributed by atoms with Gasteiger partial charge in [-0.3, -0.25) is 4.79 Å². The minimum atomic E-state index is 0.750. The number of aldehydes is 2. The fourth-order valence-corrected chi connectivity index (χ4v) is 0.0786. The standard InChI is InChI=1S/C4H6O.C2H4O/c1-2-3-4-5;1-2-3/h2-4H,1H3;2H,1H3. The van der Waals surface area contributed by atoms with E-state index in [2.05, 4.69) is 0 Å². The minimum absolute atomic E-state index is 0.750. The lowest BCUT2D eigenvalue weighted by Crippen LogP contribution is -1.50. The molecule has 0 radical (unpaired) electrons. The number of hydrogen-bond acceptors (Lipinski definition) is 2. The number of carbonyl (C=O) groups is 2. The summed E-state index contributed by atoms with van der Waals surface area (Å²) in [6, 6.07) is 0. The van der Waals surface area contributed by atoms with Crippen molar-refractivity contribution in [1.82, 2.24) is 0 Å². The zero-order chi connectivity index (χ0) is 6.83. The minimum Gasteiger partial charge on any atom is -0.304 e. The predicted molar refractivity (Wildman–Crippen MR) is 32.6 cm³/mol. The molecule has 0 aromatic rings. The van der Waals surface area contributed by atoms with Crippen LogP contribution in [-0.4, -0.2) is 12.6 Å². The van der Waals surface area contributed by atoms with Crippen LogP contribution in [0.3, 0.4) is 0 Å². The Morgan fingerprint density at radius 1 is 1.12 bits per heavy atom. The van der Waals surface area contributed by atoms with Crippen molar-refractivity contribution in [2.24, 2.45) is 0 Å². The second-order valence-electron chi connectivity index (χ2n) is 0.898. The number of carbonyl (C=O) groups excluding carboxylic acids is 2. The van der Waals surface area contributed by atoms with Crippen LogP contribution in [0.15, 0.2) is 12.2 Å². The van der Waals surface area contributed by atoms with E-state index >= 15 is 0 Å². The highest BCUT2D eigenvalue weighted by Crippen LogP contribution is 1.55. The molecule has 2 heteroatoms. The Morgan fingerprint density at radius 2 is 1.50 bits per heavy atom. The smallest absolute Gasteiger partial charge is 0.142 e. The number of allylic oxidation sites excluding steroid dienone is 2. The summed E-state index contributed by atoms with van der Waals surface area (Å²) in [4.78, 5) is 18.1. The van der Waals surface area contributed by atoms with E-state index in [-0.39, 0.29) is 0 Å². The van der Waals surface area contributed by atoms with Gasteiger partial charge in [0.2, 0.25) is 0 Å². The molecule has 0 N–H and O–H groups in total. The van der Waals surface area contributed by atoms with Crippen molar-refractivity contribution < 1.29 is 9.59 Å². The lowest BCUT2D eigenvalue weighted by atomic mass is 10.6. The molecule has 0 saturated heterocycles. The van der Waals surface area contributed by atoms with Gasteiger partial charge in [0.25, 0.3) is 0 Å². The third-order valence-electron chi connectivity index (χ3n) is 0.271. The molecule has 46 valence electrons. The lowest BCUT2D eigenvalue weighted by molar-refractivity contribution is -0.106. The van der Waals surface area contributed by atoms with Gasteiger partial charge in [0.1, 0.15) is 12.6 Å². The second-order valence-corrected chi connectivity index (χ2v) is 0.898. The Labute approximate surface area is 49.2 Å². The molecule has 0 aromatic carbocycles. The van der Waals surface area contributed by atoms with Crippen LogP contribution >= 0.6 is 0 Å². The van der Waals surface area contributed by atoms with Gasteiger partial charge >= 0.3 is 0 Å². The van der Waals surface area contributed by atoms with E-state index in [0.717, 1.165) is 12.6 Å². The first-order valence-corrected chi connectivity index (χ1v) is 2.29. The monoisotopic (exact) mass is 114 g/mol. The molecule has 0 amide bonds.